The van der Waals surface area contributed by atoms with Crippen LogP contribution in [0, 0.1) is 35.5 Å². The zero-order chi connectivity index (χ0) is 50.6. The average molecular weight is 966 g/mol. The van der Waals surface area contributed by atoms with Gasteiger partial charge >= 0.3 is 5.97 Å². The van der Waals surface area contributed by atoms with E-state index in [0.29, 0.717) is 56.9 Å². The fraction of sp³-hybridized carbons (Fsp3) is 0.731. The van der Waals surface area contributed by atoms with Crippen molar-refractivity contribution in [1.82, 2.24) is 25.1 Å². The molecule has 2 N–H and O–H groups in total. The summed E-state index contributed by atoms with van der Waals surface area (Å²) in [6, 6.07) is -1.19. The molecule has 0 aromatic carbocycles. The zero-order valence-electron chi connectivity index (χ0n) is 42.5. The number of carbonyl (C=O) groups excluding carboxylic acids is 5. The first-order valence-corrected chi connectivity index (χ1v) is 25.0. The van der Waals surface area contributed by atoms with Gasteiger partial charge in [-0.2, -0.15) is 0 Å². The lowest BCUT2D eigenvalue weighted by Crippen LogP contribution is -2.61. The smallest absolute Gasteiger partial charge is 0.329 e. The van der Waals surface area contributed by atoms with Crippen molar-refractivity contribution in [3.05, 3.63) is 53.9 Å². The van der Waals surface area contributed by atoms with Crippen LogP contribution in [-0.2, 0) is 47.7 Å². The lowest BCUT2D eigenvalue weighted by atomic mass is 9.77. The minimum Gasteiger partial charge on any atom is -0.460 e. The number of piperidine rings is 1. The van der Waals surface area contributed by atoms with E-state index >= 15 is 0 Å². The lowest BCUT2D eigenvalue weighted by Gasteiger charge is -2.42. The van der Waals surface area contributed by atoms with Crippen molar-refractivity contribution in [2.75, 3.05) is 27.9 Å². The molecule has 17 heteroatoms. The van der Waals surface area contributed by atoms with Crippen molar-refractivity contribution >= 4 is 29.2 Å². The highest BCUT2D eigenvalue weighted by Gasteiger charge is 2.53. The average Bonchev–Trinajstić information content (AvgIpc) is 3.88. The van der Waals surface area contributed by atoms with Crippen LogP contribution in [0.25, 0.3) is 0 Å². The third-order valence-electron chi connectivity index (χ3n) is 15.2. The Bertz CT molecular complexity index is 2020. The maximum atomic E-state index is 14.5. The second-order valence-electron chi connectivity index (χ2n) is 20.4. The Morgan fingerprint density at radius 2 is 1.64 bits per heavy atom. The van der Waals surface area contributed by atoms with Crippen LogP contribution in [0.15, 0.2) is 53.9 Å². The first-order chi connectivity index (χ1) is 32.8. The van der Waals surface area contributed by atoms with Gasteiger partial charge < -0.3 is 38.8 Å². The van der Waals surface area contributed by atoms with E-state index in [1.807, 2.05) is 58.1 Å². The molecule has 1 amide bonds. The molecule has 15 atom stereocenters. The standard InChI is InChI=1S/C52H79N5O12/c1-31-16-12-11-13-17-32(2)43(65-8)28-39-21-19-37(7)52(64,69-39)49(61)50(62)56-23-15-14-18-41(56)51(63)68-44(34(4)26-38-20-22-40(45(27-38)66-9)57-30-53-54-55-57)29-42(58)33(3)25-36(6)47(60)48(67-10)46(59)35(5)24-31/h11-13,16-17,25,30-31,33-35,37-41,43-45,47-48,60,64H,14-15,18-24,26-29H2,1-10H3/b13-11+,16-12+,32-17+,36-25+/t31-,33-,34-,35+,37-,38+,39+,40+,41+,43+,44+,45-,47-,48?,52?/m1/s1. The number of ether oxygens (including phenoxy) is 5. The number of fused-ring (bicyclic) bond motifs is 3. The van der Waals surface area contributed by atoms with Gasteiger partial charge in [-0.1, -0.05) is 71.1 Å². The van der Waals surface area contributed by atoms with Gasteiger partial charge in [-0.25, -0.2) is 9.48 Å². The number of tetrazole rings is 1. The summed E-state index contributed by atoms with van der Waals surface area (Å²) in [6.45, 7) is 12.8. The van der Waals surface area contributed by atoms with Gasteiger partial charge in [-0.05, 0) is 117 Å². The number of esters is 1. The largest absolute Gasteiger partial charge is 0.460 e. The second-order valence-corrected chi connectivity index (χ2v) is 20.4. The van der Waals surface area contributed by atoms with Gasteiger partial charge in [0.1, 0.15) is 36.5 Å². The van der Waals surface area contributed by atoms with E-state index in [4.69, 9.17) is 23.7 Å². The number of Topliss-reactive ketones (excluding diaryl/α,β-unsaturated/α-hetero) is 3. The normalized spacial score (nSPS) is 38.8. The molecule has 69 heavy (non-hydrogen) atoms. The lowest BCUT2D eigenvalue weighted by molar-refractivity contribution is -0.265. The molecule has 0 spiro atoms. The number of aromatic nitrogens is 4. The molecule has 4 aliphatic rings. The molecule has 3 aliphatic heterocycles. The molecular weight excluding hydrogens is 887 g/mol. The molecule has 1 aliphatic carbocycles. The number of hydrogen-bond donors (Lipinski definition) is 2. The molecule has 384 valence electrons. The number of allylic oxidation sites excluding steroid dienone is 6. The van der Waals surface area contributed by atoms with E-state index in [1.54, 1.807) is 52.1 Å². The van der Waals surface area contributed by atoms with Crippen LogP contribution in [0.1, 0.15) is 132 Å². The molecule has 1 aromatic rings. The summed E-state index contributed by atoms with van der Waals surface area (Å²) >= 11 is 0. The van der Waals surface area contributed by atoms with E-state index in [-0.39, 0.29) is 60.9 Å². The summed E-state index contributed by atoms with van der Waals surface area (Å²) < 4.78 is 31.6. The van der Waals surface area contributed by atoms with Gasteiger partial charge in [0.05, 0.1) is 24.4 Å². The van der Waals surface area contributed by atoms with Crippen molar-refractivity contribution in [2.45, 2.75) is 180 Å². The fourth-order valence-electron chi connectivity index (χ4n) is 10.7. The minimum atomic E-state index is -2.43. The monoisotopic (exact) mass is 966 g/mol. The molecule has 2 unspecified atom stereocenters. The maximum Gasteiger partial charge on any atom is 0.329 e. The van der Waals surface area contributed by atoms with Gasteiger partial charge in [-0.15, -0.1) is 5.10 Å². The fourth-order valence-corrected chi connectivity index (χ4v) is 10.7. The van der Waals surface area contributed by atoms with Crippen LogP contribution in [-0.4, -0.2) is 141 Å². The van der Waals surface area contributed by atoms with Gasteiger partial charge in [0, 0.05) is 58.5 Å². The number of amides is 1. The van der Waals surface area contributed by atoms with Crippen LogP contribution < -0.4 is 0 Å². The van der Waals surface area contributed by atoms with E-state index in [1.165, 1.54) is 12.0 Å². The number of hydrogen-bond acceptors (Lipinski definition) is 15. The number of nitrogens with zero attached hydrogens (tertiary/aromatic N) is 5. The summed E-state index contributed by atoms with van der Waals surface area (Å²) in [5.74, 6) is -7.92. The third-order valence-corrected chi connectivity index (χ3v) is 15.2. The molecule has 1 aromatic heterocycles. The zero-order valence-corrected chi connectivity index (χ0v) is 42.5. The Morgan fingerprint density at radius 1 is 0.884 bits per heavy atom. The van der Waals surface area contributed by atoms with Crippen molar-refractivity contribution in [2.24, 2.45) is 35.5 Å². The highest BCUT2D eigenvalue weighted by atomic mass is 16.6. The van der Waals surface area contributed by atoms with Gasteiger partial charge in [0.25, 0.3) is 11.7 Å². The first-order valence-electron chi connectivity index (χ1n) is 25.0. The summed E-state index contributed by atoms with van der Waals surface area (Å²) in [7, 11) is 4.62. The predicted molar refractivity (Wildman–Crippen MR) is 256 cm³/mol. The number of rotatable bonds is 7. The number of ketones is 3. The van der Waals surface area contributed by atoms with E-state index in [9.17, 15) is 34.2 Å². The summed E-state index contributed by atoms with van der Waals surface area (Å²) in [4.78, 5) is 72.3. The number of cyclic esters (lactones) is 1. The van der Waals surface area contributed by atoms with Crippen molar-refractivity contribution in [1.29, 1.82) is 0 Å². The predicted octanol–water partition coefficient (Wildman–Crippen LogP) is 6.05. The van der Waals surface area contributed by atoms with Crippen LogP contribution in [0.2, 0.25) is 0 Å². The molecule has 2 bridgehead atoms. The quantitative estimate of drug-likeness (QED) is 0.181. The molecule has 5 rings (SSSR count). The Kier molecular flexibility index (Phi) is 20.8. The summed E-state index contributed by atoms with van der Waals surface area (Å²) in [6.07, 6.45) is 13.9. The molecule has 0 radical (unpaired) electrons. The molecule has 4 heterocycles. The summed E-state index contributed by atoms with van der Waals surface area (Å²) in [5.41, 5.74) is 1.27. The molecule has 17 nitrogen and oxygen atoms in total. The first kappa shape index (κ1) is 55.7. The van der Waals surface area contributed by atoms with Crippen molar-refractivity contribution in [3.8, 4) is 0 Å². The van der Waals surface area contributed by atoms with E-state index in [2.05, 4.69) is 15.5 Å². The highest BCUT2D eigenvalue weighted by molar-refractivity contribution is 6.39. The van der Waals surface area contributed by atoms with Gasteiger partial charge in [0.15, 0.2) is 5.78 Å². The van der Waals surface area contributed by atoms with Crippen molar-refractivity contribution in [3.63, 3.8) is 0 Å². The molecule has 2 saturated heterocycles. The number of aliphatic hydroxyl groups is 2. The highest BCUT2D eigenvalue weighted by Crippen LogP contribution is 2.39. The molecule has 3 fully saturated rings. The third kappa shape index (κ3) is 14.2. The Labute approximate surface area is 408 Å². The van der Waals surface area contributed by atoms with Crippen LogP contribution in [0.5, 0.6) is 0 Å². The SMILES string of the molecule is COC1C(=O)[C@@H](C)C[C@H](C)/C=C/C=C/C=C(\C)[C@@H](OC)C[C@@H]2CC[C@@H](C)C(O)(O2)C(=O)C(=O)N2CCCC[C@H]2C(=O)O[C@H]([C@H](C)C[C@@H]2CC[C@H](n3cnnn3)[C@H](OC)C2)CC(=O)[C@H](C)/C=C(\C)[C@H]1O. The number of aliphatic hydroxyl groups excluding tert-OH is 1. The Hall–Kier alpha value is -4.26. The van der Waals surface area contributed by atoms with Crippen molar-refractivity contribution < 1.29 is 57.9 Å². The molecular formula is C52H79N5O12. The van der Waals surface area contributed by atoms with Gasteiger partial charge in [0.2, 0.25) is 5.79 Å². The van der Waals surface area contributed by atoms with Crippen LogP contribution >= 0.6 is 0 Å². The van der Waals surface area contributed by atoms with E-state index < -0.39 is 77.8 Å². The topological polar surface area (TPSA) is 219 Å². The maximum absolute atomic E-state index is 14.5. The van der Waals surface area contributed by atoms with Crippen LogP contribution in [0.4, 0.5) is 0 Å². The van der Waals surface area contributed by atoms with Crippen LogP contribution in [0.3, 0.4) is 0 Å². The number of carbonyl (C=O) groups is 5. The Morgan fingerprint density at radius 3 is 2.32 bits per heavy atom. The van der Waals surface area contributed by atoms with E-state index in [0.717, 1.165) is 18.4 Å². The Balaban J connectivity index is 1.46. The summed E-state index contributed by atoms with van der Waals surface area (Å²) in [5, 5.41) is 35.2. The van der Waals surface area contributed by atoms with Gasteiger partial charge in [-0.3, -0.25) is 19.2 Å². The minimum absolute atomic E-state index is 0.0170. The second kappa shape index (κ2) is 25.7. The number of methoxy groups -OCH3 is 3. The molecule has 1 saturated carbocycles.